The lowest BCUT2D eigenvalue weighted by Crippen LogP contribution is -2.38. The average molecular weight is 288 g/mol. The van der Waals surface area contributed by atoms with Crippen LogP contribution in [0.5, 0.6) is 0 Å². The van der Waals surface area contributed by atoms with Crippen LogP contribution >= 0.6 is 0 Å². The largest absolute Gasteiger partial charge is 0.286 e. The van der Waals surface area contributed by atoms with E-state index in [0.717, 1.165) is 0 Å². The van der Waals surface area contributed by atoms with Gasteiger partial charge in [0.1, 0.15) is 0 Å². The number of nitrogens with zero attached hydrogens (tertiary/aromatic N) is 3. The summed E-state index contributed by atoms with van der Waals surface area (Å²) in [4.78, 5) is 24.7. The van der Waals surface area contributed by atoms with Crippen LogP contribution in [0.3, 0.4) is 0 Å². The van der Waals surface area contributed by atoms with Gasteiger partial charge in [-0.1, -0.05) is 32.0 Å². The number of benzene rings is 1. The second kappa shape index (κ2) is 6.05. The van der Waals surface area contributed by atoms with Crippen molar-refractivity contribution in [3.63, 3.8) is 0 Å². The van der Waals surface area contributed by atoms with Crippen LogP contribution in [0.4, 0.5) is 0 Å². The first kappa shape index (κ1) is 15.2. The summed E-state index contributed by atoms with van der Waals surface area (Å²) in [6.07, 6.45) is 0. The summed E-state index contributed by atoms with van der Waals surface area (Å²) in [5.74, 6) is -0.0603. The van der Waals surface area contributed by atoms with Crippen molar-refractivity contribution in [2.45, 2.75) is 20.4 Å². The van der Waals surface area contributed by atoms with Crippen molar-refractivity contribution in [3.8, 4) is 0 Å². The molecular weight excluding hydrogens is 268 g/mol. The summed E-state index contributed by atoms with van der Waals surface area (Å²) in [6.45, 7) is 4.48. The molecule has 0 aliphatic rings. The second-order valence-electron chi connectivity index (χ2n) is 5.61. The molecule has 1 N–H and O–H groups in total. The Labute approximate surface area is 123 Å². The van der Waals surface area contributed by atoms with Crippen LogP contribution in [-0.2, 0) is 6.54 Å². The first-order chi connectivity index (χ1) is 9.90. The highest BCUT2D eigenvalue weighted by Crippen LogP contribution is 2.13. The zero-order chi connectivity index (χ0) is 15.6. The summed E-state index contributed by atoms with van der Waals surface area (Å²) in [6, 6.07) is 7.05. The van der Waals surface area contributed by atoms with Gasteiger partial charge in [0.05, 0.1) is 5.39 Å². The molecule has 0 radical (unpaired) electrons. The number of fused-ring (bicyclic) bond motifs is 1. The quantitative estimate of drug-likeness (QED) is 0.860. The molecular formula is C15H20N4O2. The number of amides is 1. The van der Waals surface area contributed by atoms with Crippen LogP contribution in [0, 0.1) is 5.92 Å². The van der Waals surface area contributed by atoms with Crippen molar-refractivity contribution >= 4 is 16.7 Å². The number of nitrogens with one attached hydrogen (secondary N) is 1. The number of hydrazine groups is 1. The van der Waals surface area contributed by atoms with Crippen molar-refractivity contribution in [3.05, 3.63) is 40.3 Å². The van der Waals surface area contributed by atoms with E-state index in [1.807, 2.05) is 13.8 Å². The molecule has 0 atom stereocenters. The molecule has 0 fully saturated rings. The zero-order valence-electron chi connectivity index (χ0n) is 12.8. The lowest BCUT2D eigenvalue weighted by atomic mass is 10.1. The van der Waals surface area contributed by atoms with Crippen LogP contribution in [0.15, 0.2) is 29.1 Å². The highest BCUT2D eigenvalue weighted by molar-refractivity contribution is 6.04. The average Bonchev–Trinajstić information content (AvgIpc) is 2.40. The third kappa shape index (κ3) is 3.28. The van der Waals surface area contributed by atoms with Gasteiger partial charge in [0, 0.05) is 26.0 Å². The molecule has 0 aliphatic heterocycles. The highest BCUT2D eigenvalue weighted by atomic mass is 16.2. The van der Waals surface area contributed by atoms with E-state index in [1.165, 1.54) is 4.68 Å². The molecule has 1 heterocycles. The maximum Gasteiger partial charge on any atom is 0.286 e. The van der Waals surface area contributed by atoms with Crippen LogP contribution < -0.4 is 11.0 Å². The third-order valence-corrected chi connectivity index (χ3v) is 2.95. The van der Waals surface area contributed by atoms with Crippen molar-refractivity contribution in [2.75, 3.05) is 14.1 Å². The number of rotatable bonds is 4. The standard InChI is InChI=1S/C15H20N4O2/c1-10(2)9-19-15(21)12-8-6-5-7-11(12)13(16-19)14(20)17-18(3)4/h5-8,10H,9H2,1-4H3,(H,17,20). The number of hydrogen-bond donors (Lipinski definition) is 1. The van der Waals surface area contributed by atoms with Gasteiger partial charge in [0.25, 0.3) is 11.5 Å². The van der Waals surface area contributed by atoms with Gasteiger partial charge < -0.3 is 0 Å². The van der Waals surface area contributed by atoms with E-state index in [1.54, 1.807) is 43.4 Å². The molecule has 0 spiro atoms. The lowest BCUT2D eigenvalue weighted by molar-refractivity contribution is 0.0850. The van der Waals surface area contributed by atoms with Gasteiger partial charge in [0.15, 0.2) is 5.69 Å². The van der Waals surface area contributed by atoms with Crippen molar-refractivity contribution in [2.24, 2.45) is 5.92 Å². The number of carbonyl (C=O) groups excluding carboxylic acids is 1. The van der Waals surface area contributed by atoms with Crippen molar-refractivity contribution in [1.29, 1.82) is 0 Å². The van der Waals surface area contributed by atoms with E-state index in [-0.39, 0.29) is 23.1 Å². The van der Waals surface area contributed by atoms with Crippen LogP contribution in [-0.4, -0.2) is 34.8 Å². The Kier molecular flexibility index (Phi) is 4.37. The lowest BCUT2D eigenvalue weighted by Gasteiger charge is -2.15. The maximum absolute atomic E-state index is 12.4. The van der Waals surface area contributed by atoms with Gasteiger partial charge >= 0.3 is 0 Å². The predicted octanol–water partition coefficient (Wildman–Crippen LogP) is 1.26. The van der Waals surface area contributed by atoms with E-state index in [9.17, 15) is 9.59 Å². The van der Waals surface area contributed by atoms with Crippen LogP contribution in [0.25, 0.3) is 10.8 Å². The van der Waals surface area contributed by atoms with E-state index in [2.05, 4.69) is 10.5 Å². The van der Waals surface area contributed by atoms with Gasteiger partial charge in [-0.05, 0) is 12.0 Å². The SMILES string of the molecule is CC(C)Cn1nc(C(=O)NN(C)C)c2ccccc2c1=O. The fourth-order valence-electron chi connectivity index (χ4n) is 2.13. The maximum atomic E-state index is 12.4. The van der Waals surface area contributed by atoms with Crippen LogP contribution in [0.1, 0.15) is 24.3 Å². The Balaban J connectivity index is 2.65. The minimum Gasteiger partial charge on any atom is -0.284 e. The normalized spacial score (nSPS) is 11.3. The number of hydrogen-bond acceptors (Lipinski definition) is 4. The molecule has 1 amide bonds. The fraction of sp³-hybridized carbons (Fsp3) is 0.400. The second-order valence-corrected chi connectivity index (χ2v) is 5.61. The van der Waals surface area contributed by atoms with Gasteiger partial charge in [-0.25, -0.2) is 9.69 Å². The van der Waals surface area contributed by atoms with Crippen LogP contribution in [0.2, 0.25) is 0 Å². The van der Waals surface area contributed by atoms with Gasteiger partial charge in [-0.15, -0.1) is 0 Å². The Bertz CT molecular complexity index is 719. The van der Waals surface area contributed by atoms with E-state index < -0.39 is 0 Å². The van der Waals surface area contributed by atoms with E-state index >= 15 is 0 Å². The summed E-state index contributed by atoms with van der Waals surface area (Å²) in [7, 11) is 3.45. The Morgan fingerprint density at radius 3 is 2.48 bits per heavy atom. The molecule has 0 aliphatic carbocycles. The number of carbonyl (C=O) groups is 1. The summed E-state index contributed by atoms with van der Waals surface area (Å²) in [5, 5.41) is 6.89. The van der Waals surface area contributed by atoms with Gasteiger partial charge in [-0.2, -0.15) is 5.10 Å². The van der Waals surface area contributed by atoms with Crippen molar-refractivity contribution in [1.82, 2.24) is 20.2 Å². The molecule has 21 heavy (non-hydrogen) atoms. The monoisotopic (exact) mass is 288 g/mol. The van der Waals surface area contributed by atoms with Gasteiger partial charge in [0.2, 0.25) is 0 Å². The Hall–Kier alpha value is -2.21. The topological polar surface area (TPSA) is 67.2 Å². The molecule has 1 aromatic heterocycles. The molecule has 2 aromatic rings. The first-order valence-corrected chi connectivity index (χ1v) is 6.88. The Morgan fingerprint density at radius 2 is 1.90 bits per heavy atom. The summed E-state index contributed by atoms with van der Waals surface area (Å²) in [5.41, 5.74) is 2.77. The molecule has 112 valence electrons. The summed E-state index contributed by atoms with van der Waals surface area (Å²) >= 11 is 0. The molecule has 0 saturated heterocycles. The fourth-order valence-corrected chi connectivity index (χ4v) is 2.13. The molecule has 0 saturated carbocycles. The number of aromatic nitrogens is 2. The molecule has 2 rings (SSSR count). The predicted molar refractivity (Wildman–Crippen MR) is 82.0 cm³/mol. The smallest absolute Gasteiger partial charge is 0.284 e. The van der Waals surface area contributed by atoms with Crippen molar-refractivity contribution < 1.29 is 4.79 Å². The summed E-state index contributed by atoms with van der Waals surface area (Å²) < 4.78 is 1.37. The van der Waals surface area contributed by atoms with E-state index in [4.69, 9.17) is 0 Å². The van der Waals surface area contributed by atoms with Gasteiger partial charge in [-0.3, -0.25) is 15.0 Å². The van der Waals surface area contributed by atoms with E-state index in [0.29, 0.717) is 17.3 Å². The molecule has 0 bridgehead atoms. The Morgan fingerprint density at radius 1 is 1.29 bits per heavy atom. The first-order valence-electron chi connectivity index (χ1n) is 6.88. The minimum absolute atomic E-state index is 0.166. The minimum atomic E-state index is -0.325. The highest BCUT2D eigenvalue weighted by Gasteiger charge is 2.17. The molecule has 1 aromatic carbocycles. The molecule has 6 nitrogen and oxygen atoms in total. The molecule has 6 heteroatoms. The molecule has 0 unspecified atom stereocenters. The third-order valence-electron chi connectivity index (χ3n) is 2.95. The zero-order valence-corrected chi connectivity index (χ0v) is 12.8.